The second-order valence-corrected chi connectivity index (χ2v) is 7.36. The van der Waals surface area contributed by atoms with E-state index in [1.165, 1.54) is 4.88 Å². The third-order valence-corrected chi connectivity index (χ3v) is 5.86. The smallest absolute Gasteiger partial charge is 0.193 e. The SMILES string of the molecule is OC1OC2COC(c3ccc(CBr)s3)OC2CC1OOCCCl. The topological polar surface area (TPSA) is 66.4 Å². The molecule has 0 spiro atoms. The van der Waals surface area contributed by atoms with Crippen molar-refractivity contribution in [1.29, 1.82) is 0 Å². The summed E-state index contributed by atoms with van der Waals surface area (Å²) < 4.78 is 17.2. The first-order valence-electron chi connectivity index (χ1n) is 7.30. The van der Waals surface area contributed by atoms with Crippen LogP contribution in [-0.2, 0) is 29.3 Å². The molecule has 0 aliphatic carbocycles. The van der Waals surface area contributed by atoms with Gasteiger partial charge >= 0.3 is 0 Å². The number of fused-ring (bicyclic) bond motifs is 1. The average molecular weight is 430 g/mol. The molecule has 0 bridgehead atoms. The standard InChI is InChI=1S/C14H18BrClO6S/c15-6-8-1-2-12(23-8)14-18-7-11-9(21-14)5-10(13(17)20-11)22-19-4-3-16/h1-2,9-11,13-14,17H,3-7H2. The summed E-state index contributed by atoms with van der Waals surface area (Å²) in [6, 6.07) is 4.04. The van der Waals surface area contributed by atoms with Gasteiger partial charge in [-0.25, -0.2) is 9.78 Å². The number of halogens is 2. The Bertz CT molecular complexity index is 503. The molecule has 3 rings (SSSR count). The Labute approximate surface area is 151 Å². The van der Waals surface area contributed by atoms with Crippen molar-refractivity contribution in [3.63, 3.8) is 0 Å². The van der Waals surface area contributed by atoms with Gasteiger partial charge in [-0.2, -0.15) is 0 Å². The van der Waals surface area contributed by atoms with Crippen molar-refractivity contribution in [3.8, 4) is 0 Å². The van der Waals surface area contributed by atoms with Crippen LogP contribution in [0.3, 0.4) is 0 Å². The molecule has 130 valence electrons. The van der Waals surface area contributed by atoms with Crippen LogP contribution >= 0.6 is 38.9 Å². The number of alkyl halides is 2. The summed E-state index contributed by atoms with van der Waals surface area (Å²) in [6.45, 7) is 0.610. The summed E-state index contributed by atoms with van der Waals surface area (Å²) in [5.41, 5.74) is 0. The minimum atomic E-state index is -1.07. The van der Waals surface area contributed by atoms with E-state index in [9.17, 15) is 5.11 Å². The van der Waals surface area contributed by atoms with Crippen molar-refractivity contribution in [2.24, 2.45) is 0 Å². The minimum absolute atomic E-state index is 0.226. The van der Waals surface area contributed by atoms with E-state index in [0.29, 0.717) is 18.9 Å². The molecule has 2 saturated heterocycles. The Morgan fingerprint density at radius 3 is 2.96 bits per heavy atom. The highest BCUT2D eigenvalue weighted by Gasteiger charge is 2.43. The van der Waals surface area contributed by atoms with Crippen LogP contribution < -0.4 is 0 Å². The van der Waals surface area contributed by atoms with E-state index in [-0.39, 0.29) is 18.8 Å². The maximum atomic E-state index is 9.95. The van der Waals surface area contributed by atoms with Crippen LogP contribution in [0.5, 0.6) is 0 Å². The molecule has 1 N–H and O–H groups in total. The summed E-state index contributed by atoms with van der Waals surface area (Å²) in [5, 5.41) is 10.8. The van der Waals surface area contributed by atoms with Crippen LogP contribution in [0, 0.1) is 0 Å². The summed E-state index contributed by atoms with van der Waals surface area (Å²) in [4.78, 5) is 12.3. The molecule has 5 unspecified atom stereocenters. The lowest BCUT2D eigenvalue weighted by Crippen LogP contribution is -2.53. The van der Waals surface area contributed by atoms with Gasteiger partial charge in [0.05, 0.1) is 24.2 Å². The predicted octanol–water partition coefficient (Wildman–Crippen LogP) is 2.72. The van der Waals surface area contributed by atoms with Gasteiger partial charge < -0.3 is 19.3 Å². The lowest BCUT2D eigenvalue weighted by molar-refractivity contribution is -0.398. The van der Waals surface area contributed by atoms with Crippen LogP contribution in [0.4, 0.5) is 0 Å². The summed E-state index contributed by atoms with van der Waals surface area (Å²) in [6.07, 6.45) is -2.18. The molecule has 9 heteroatoms. The molecule has 6 nitrogen and oxygen atoms in total. The van der Waals surface area contributed by atoms with E-state index in [2.05, 4.69) is 15.9 Å². The molecule has 5 atom stereocenters. The van der Waals surface area contributed by atoms with E-state index in [0.717, 1.165) is 10.2 Å². The maximum absolute atomic E-state index is 9.95. The fourth-order valence-corrected chi connectivity index (χ4v) is 3.96. The molecular formula is C14H18BrClO6S. The Morgan fingerprint density at radius 1 is 1.35 bits per heavy atom. The van der Waals surface area contributed by atoms with E-state index in [4.69, 9.17) is 35.6 Å². The Balaban J connectivity index is 1.59. The lowest BCUT2D eigenvalue weighted by atomic mass is 10.0. The van der Waals surface area contributed by atoms with Crippen LogP contribution in [0.25, 0.3) is 0 Å². The van der Waals surface area contributed by atoms with Crippen LogP contribution in [-0.4, -0.2) is 48.8 Å². The molecule has 0 radical (unpaired) electrons. The fraction of sp³-hybridized carbons (Fsp3) is 0.714. The van der Waals surface area contributed by atoms with Crippen LogP contribution in [0.1, 0.15) is 22.5 Å². The molecule has 1 aromatic rings. The first-order chi connectivity index (χ1) is 11.2. The molecule has 3 heterocycles. The first kappa shape index (κ1) is 18.0. The summed E-state index contributed by atoms with van der Waals surface area (Å²) in [5.74, 6) is 0.316. The van der Waals surface area contributed by atoms with Gasteiger partial charge in [0.1, 0.15) is 12.2 Å². The van der Waals surface area contributed by atoms with Crippen molar-refractivity contribution < 1.29 is 29.1 Å². The number of ether oxygens (including phenoxy) is 3. The number of hydrogen-bond acceptors (Lipinski definition) is 7. The Kier molecular flexibility index (Phi) is 6.70. The van der Waals surface area contributed by atoms with Gasteiger partial charge in [0, 0.05) is 22.5 Å². The number of aliphatic hydroxyl groups is 1. The molecule has 23 heavy (non-hydrogen) atoms. The van der Waals surface area contributed by atoms with Crippen molar-refractivity contribution >= 4 is 38.9 Å². The molecule has 2 aliphatic heterocycles. The number of rotatable bonds is 6. The fourth-order valence-electron chi connectivity index (χ4n) is 2.52. The molecule has 2 aliphatic rings. The zero-order valence-electron chi connectivity index (χ0n) is 12.2. The molecular weight excluding hydrogens is 412 g/mol. The van der Waals surface area contributed by atoms with Gasteiger partial charge in [0.2, 0.25) is 0 Å². The molecule has 0 aromatic carbocycles. The van der Waals surface area contributed by atoms with Crippen LogP contribution in [0.2, 0.25) is 0 Å². The zero-order chi connectivity index (χ0) is 16.2. The van der Waals surface area contributed by atoms with Gasteiger partial charge in [0.15, 0.2) is 12.6 Å². The van der Waals surface area contributed by atoms with E-state index in [1.807, 2.05) is 12.1 Å². The van der Waals surface area contributed by atoms with Crippen molar-refractivity contribution in [2.45, 2.75) is 42.6 Å². The number of aliphatic hydroxyl groups excluding tert-OH is 1. The molecule has 0 saturated carbocycles. The predicted molar refractivity (Wildman–Crippen MR) is 87.6 cm³/mol. The third kappa shape index (κ3) is 4.45. The molecule has 2 fully saturated rings. The zero-order valence-corrected chi connectivity index (χ0v) is 15.4. The second kappa shape index (κ2) is 8.55. The first-order valence-corrected chi connectivity index (χ1v) is 9.78. The monoisotopic (exact) mass is 428 g/mol. The van der Waals surface area contributed by atoms with Gasteiger partial charge in [-0.15, -0.1) is 22.9 Å². The van der Waals surface area contributed by atoms with Crippen molar-refractivity contribution in [3.05, 3.63) is 21.9 Å². The van der Waals surface area contributed by atoms with Gasteiger partial charge in [0.25, 0.3) is 0 Å². The third-order valence-electron chi connectivity index (χ3n) is 3.62. The van der Waals surface area contributed by atoms with Crippen LogP contribution in [0.15, 0.2) is 12.1 Å². The minimum Gasteiger partial charge on any atom is -0.366 e. The van der Waals surface area contributed by atoms with Crippen molar-refractivity contribution in [1.82, 2.24) is 0 Å². The maximum Gasteiger partial charge on any atom is 0.193 e. The number of thiophene rings is 1. The highest BCUT2D eigenvalue weighted by atomic mass is 79.9. The Hall–Kier alpha value is 0.230. The van der Waals surface area contributed by atoms with Gasteiger partial charge in [-0.3, -0.25) is 0 Å². The molecule has 1 aromatic heterocycles. The van der Waals surface area contributed by atoms with Gasteiger partial charge in [-0.1, -0.05) is 15.9 Å². The second-order valence-electron chi connectivity index (χ2n) is 5.22. The Morgan fingerprint density at radius 2 is 2.22 bits per heavy atom. The van der Waals surface area contributed by atoms with E-state index in [1.54, 1.807) is 11.3 Å². The van der Waals surface area contributed by atoms with E-state index >= 15 is 0 Å². The average Bonchev–Trinajstić information content (AvgIpc) is 3.04. The highest BCUT2D eigenvalue weighted by Crippen LogP contribution is 2.36. The number of hydrogen-bond donors (Lipinski definition) is 1. The van der Waals surface area contributed by atoms with Gasteiger partial charge in [-0.05, 0) is 12.1 Å². The van der Waals surface area contributed by atoms with E-state index < -0.39 is 18.7 Å². The van der Waals surface area contributed by atoms with Crippen molar-refractivity contribution in [2.75, 3.05) is 19.1 Å². The summed E-state index contributed by atoms with van der Waals surface area (Å²) in [7, 11) is 0. The quantitative estimate of drug-likeness (QED) is 0.325. The largest absolute Gasteiger partial charge is 0.366 e. The highest BCUT2D eigenvalue weighted by molar-refractivity contribution is 9.08. The summed E-state index contributed by atoms with van der Waals surface area (Å²) >= 11 is 10.6. The lowest BCUT2D eigenvalue weighted by Gasteiger charge is -2.42. The molecule has 0 amide bonds. The normalized spacial score (nSPS) is 34.3.